The van der Waals surface area contributed by atoms with Gasteiger partial charge in [0.2, 0.25) is 0 Å². The molecule has 0 saturated carbocycles. The summed E-state index contributed by atoms with van der Waals surface area (Å²) in [6.07, 6.45) is 0. The minimum atomic E-state index is -1.24. The number of carbonyl (C=O) groups is 4. The van der Waals surface area contributed by atoms with Gasteiger partial charge in [0.15, 0.2) is 0 Å². The van der Waals surface area contributed by atoms with Crippen LogP contribution in [0.2, 0.25) is 0 Å². The van der Waals surface area contributed by atoms with Gasteiger partial charge in [-0.15, -0.1) is 0 Å². The molecule has 8 bridgehead atoms. The first kappa shape index (κ1) is 72.5. The number of ether oxygens (including phenoxy) is 8. The van der Waals surface area contributed by atoms with Gasteiger partial charge in [-0.3, -0.25) is 0 Å². The molecule has 0 fully saturated rings. The van der Waals surface area contributed by atoms with Gasteiger partial charge < -0.3 is 78.7 Å². The van der Waals surface area contributed by atoms with E-state index < -0.39 is 93.5 Å². The quantitative estimate of drug-likeness (QED) is 0.0260. The number of carbonyl (C=O) groups excluding carboxylic acids is 4. The van der Waals surface area contributed by atoms with E-state index in [1.165, 1.54) is 24.3 Å². The zero-order valence-electron chi connectivity index (χ0n) is 58.7. The van der Waals surface area contributed by atoms with Gasteiger partial charge in [-0.1, -0.05) is 48.5 Å². The van der Waals surface area contributed by atoms with Gasteiger partial charge in [-0.25, -0.2) is 19.2 Å². The molecule has 12 aromatic rings. The average Bonchev–Trinajstić information content (AvgIpc) is 0.741. The summed E-state index contributed by atoms with van der Waals surface area (Å²) in [5, 5.41) is 101. The van der Waals surface area contributed by atoms with Crippen LogP contribution in [0.3, 0.4) is 0 Å². The Bertz CT molecular complexity index is 4530. The Hall–Kier alpha value is -13.9. The predicted molar refractivity (Wildman–Crippen MR) is 399 cm³/mol. The maximum atomic E-state index is 12.6. The monoisotopic (exact) mass is 1450 g/mol. The lowest BCUT2D eigenvalue weighted by Gasteiger charge is -2.30. The first-order chi connectivity index (χ1) is 52.3. The third-order valence-electron chi connectivity index (χ3n) is 18.5. The van der Waals surface area contributed by atoms with Crippen LogP contribution in [-0.4, -0.2) is 91.2 Å². The minimum Gasteiger partial charge on any atom is -0.507 e. The molecule has 108 heavy (non-hydrogen) atoms. The molecule has 0 saturated heterocycles. The molecule has 1 aliphatic carbocycles. The zero-order chi connectivity index (χ0) is 75.9. The van der Waals surface area contributed by atoms with Gasteiger partial charge in [0.1, 0.15) is 92.0 Å². The molecule has 544 valence electrons. The summed E-state index contributed by atoms with van der Waals surface area (Å²) in [6, 6.07) is 63.0. The second-order valence-electron chi connectivity index (χ2n) is 25.3. The number of esters is 4. The first-order valence-corrected chi connectivity index (χ1v) is 34.7. The van der Waals surface area contributed by atoms with Gasteiger partial charge in [-0.05, 0) is 220 Å². The van der Waals surface area contributed by atoms with E-state index in [0.717, 1.165) is 24.3 Å². The lowest BCUT2D eigenvalue weighted by atomic mass is 9.75. The third kappa shape index (κ3) is 15.5. The fourth-order valence-corrected chi connectivity index (χ4v) is 13.4. The molecule has 0 atom stereocenters. The van der Waals surface area contributed by atoms with Gasteiger partial charge >= 0.3 is 23.9 Å². The molecule has 1 aliphatic rings. The molecule has 0 spiro atoms. The van der Waals surface area contributed by atoms with E-state index in [9.17, 15) is 60.0 Å². The summed E-state index contributed by atoms with van der Waals surface area (Å²) in [6.45, 7) is 7.58. The molecule has 0 aromatic heterocycles. The molecule has 20 heteroatoms. The molecule has 20 nitrogen and oxygen atoms in total. The van der Waals surface area contributed by atoms with Crippen molar-refractivity contribution in [3.8, 4) is 92.0 Å². The minimum absolute atomic E-state index is 0.0815. The van der Waals surface area contributed by atoms with E-state index in [1.807, 2.05) is 0 Å². The third-order valence-corrected chi connectivity index (χ3v) is 18.5. The second kappa shape index (κ2) is 31.6. The Morgan fingerprint density at radius 1 is 0.222 bits per heavy atom. The number of fused-ring (bicyclic) bond motifs is 8. The van der Waals surface area contributed by atoms with Crippen LogP contribution in [0.25, 0.3) is 0 Å². The lowest BCUT2D eigenvalue weighted by Crippen LogP contribution is -2.13. The van der Waals surface area contributed by atoms with Crippen molar-refractivity contribution in [3.05, 3.63) is 332 Å². The average molecular weight is 1450 g/mol. The normalized spacial score (nSPS) is 14.3. The van der Waals surface area contributed by atoms with Crippen LogP contribution in [-0.2, 0) is 18.9 Å². The van der Waals surface area contributed by atoms with Crippen molar-refractivity contribution in [2.75, 3.05) is 26.4 Å². The molecule has 0 radical (unpaired) electrons. The fourth-order valence-electron chi connectivity index (χ4n) is 13.4. The van der Waals surface area contributed by atoms with Crippen LogP contribution in [0.1, 0.15) is 160 Å². The lowest BCUT2D eigenvalue weighted by molar-refractivity contribution is 0.0516. The number of hydrogen-bond acceptors (Lipinski definition) is 20. The van der Waals surface area contributed by atoms with Crippen LogP contribution < -0.4 is 18.9 Å². The molecule has 8 N–H and O–H groups in total. The van der Waals surface area contributed by atoms with Gasteiger partial charge in [0, 0.05) is 92.4 Å². The van der Waals surface area contributed by atoms with Crippen molar-refractivity contribution < 1.29 is 97.9 Å². The zero-order valence-corrected chi connectivity index (χ0v) is 58.7. The van der Waals surface area contributed by atoms with Gasteiger partial charge in [0.25, 0.3) is 0 Å². The van der Waals surface area contributed by atoms with Gasteiger partial charge in [0.05, 0.1) is 48.7 Å². The molecule has 12 aromatic carbocycles. The Morgan fingerprint density at radius 3 is 0.500 bits per heavy atom. The summed E-state index contributed by atoms with van der Waals surface area (Å²) >= 11 is 0. The Morgan fingerprint density at radius 2 is 0.361 bits per heavy atom. The highest BCUT2D eigenvalue weighted by molar-refractivity contribution is 5.91. The molecule has 0 aliphatic heterocycles. The molecule has 0 unspecified atom stereocenters. The first-order valence-electron chi connectivity index (χ1n) is 34.7. The Kier molecular flexibility index (Phi) is 21.2. The van der Waals surface area contributed by atoms with Crippen LogP contribution in [0, 0.1) is 0 Å². The van der Waals surface area contributed by atoms with Crippen molar-refractivity contribution in [1.82, 2.24) is 0 Å². The van der Waals surface area contributed by atoms with E-state index in [-0.39, 0.29) is 70.9 Å². The molecular weight excluding hydrogens is 1380 g/mol. The number of hydrogen-bond donors (Lipinski definition) is 8. The van der Waals surface area contributed by atoms with Crippen molar-refractivity contribution >= 4 is 23.9 Å². The van der Waals surface area contributed by atoms with Gasteiger partial charge in [-0.2, -0.15) is 0 Å². The predicted octanol–water partition coefficient (Wildman–Crippen LogP) is 18.2. The molecule has 13 rings (SSSR count). The molecule has 0 amide bonds. The summed E-state index contributed by atoms with van der Waals surface area (Å²) in [5.74, 6) is -7.81. The SMILES string of the molecule is CCOC(=O)c1ccc(Oc2ccc(C3c4cc(c(O)cc4O)C(c4ccc(Oc5ccc(C(=O)OCC)cc5)cc4)c4cc(c(O)cc4O)C(c4ccc(Oc5ccc(C(=O)OCC)cc5)cc4)c4cc(c(O)cc4O)C(c4ccc(Oc5ccc(C(=O)OCC)cc5)cc4)c4cc3c(O)cc4O)cc2)cc1. The Labute approximate surface area is 620 Å². The largest absolute Gasteiger partial charge is 0.507 e. The molecule has 0 heterocycles. The topological polar surface area (TPSA) is 304 Å². The highest BCUT2D eigenvalue weighted by atomic mass is 16.5. The second-order valence-corrected chi connectivity index (χ2v) is 25.3. The van der Waals surface area contributed by atoms with Crippen molar-refractivity contribution in [2.45, 2.75) is 51.4 Å². The molecular formula is C88H72O20. The summed E-state index contributed by atoms with van der Waals surface area (Å²) < 4.78 is 45.8. The van der Waals surface area contributed by atoms with Crippen LogP contribution in [0.15, 0.2) is 243 Å². The van der Waals surface area contributed by atoms with Crippen LogP contribution >= 0.6 is 0 Å². The number of aromatic hydroxyl groups is 8. The number of rotatable bonds is 20. The number of phenolic OH excluding ortho intramolecular Hbond substituents is 8. The van der Waals surface area contributed by atoms with E-state index in [4.69, 9.17) is 37.9 Å². The van der Waals surface area contributed by atoms with Crippen LogP contribution in [0.5, 0.6) is 92.0 Å². The van der Waals surface area contributed by atoms with Crippen molar-refractivity contribution in [3.63, 3.8) is 0 Å². The van der Waals surface area contributed by atoms with Crippen molar-refractivity contribution in [2.24, 2.45) is 0 Å². The Balaban J connectivity index is 1.02. The van der Waals surface area contributed by atoms with E-state index >= 15 is 0 Å². The number of benzene rings is 12. The smallest absolute Gasteiger partial charge is 0.338 e. The maximum Gasteiger partial charge on any atom is 0.338 e. The standard InChI is InChI=1S/C88H72O20/c1-5-101-85(97)53-17-33-61(34-18-53)105-57-25-9-49(10-26-57)81-65-41-67(75(91)45-73(65)89)82(50-11-27-58(28-12-50)106-62-35-19-54(20-36-62)86(98)102-6-2)69-43-71(79(95)47-77(69)93)84(52-15-31-60(32-16-52)108-64-39-23-56(24-40-64)88(100)104-8-4)72-44-70(78(94)48-80(72)96)83(68-42-66(81)74(90)46-76(68)92)51-13-29-59(30-14-51)107-63-37-21-55(22-38-63)87(99)103-7-3/h9-48,81-84,89-96H,5-8H2,1-4H3. The highest BCUT2D eigenvalue weighted by Gasteiger charge is 2.36. The van der Waals surface area contributed by atoms with E-state index in [0.29, 0.717) is 90.5 Å². The number of phenols is 8. The summed E-state index contributed by atoms with van der Waals surface area (Å²) in [7, 11) is 0. The highest BCUT2D eigenvalue weighted by Crippen LogP contribution is 2.54. The van der Waals surface area contributed by atoms with E-state index in [1.54, 1.807) is 222 Å². The summed E-state index contributed by atoms with van der Waals surface area (Å²) in [4.78, 5) is 50.2. The van der Waals surface area contributed by atoms with E-state index in [2.05, 4.69) is 0 Å². The maximum absolute atomic E-state index is 12.6. The van der Waals surface area contributed by atoms with Crippen LogP contribution in [0.4, 0.5) is 0 Å². The summed E-state index contributed by atoms with van der Waals surface area (Å²) in [5.41, 5.74) is 3.56. The van der Waals surface area contributed by atoms with Crippen molar-refractivity contribution in [1.29, 1.82) is 0 Å². The fraction of sp³-hybridized carbons (Fsp3) is 0.136.